The van der Waals surface area contributed by atoms with Crippen LogP contribution in [0.25, 0.3) is 5.76 Å². The second kappa shape index (κ2) is 10.8. The van der Waals surface area contributed by atoms with Gasteiger partial charge in [0.2, 0.25) is 0 Å². The van der Waals surface area contributed by atoms with Crippen molar-refractivity contribution in [2.24, 2.45) is 22.6 Å². The quantitative estimate of drug-likeness (QED) is 0.125. The second-order valence-corrected chi connectivity index (χ2v) is 11.9. The number of hydrogen-bond donors (Lipinski definition) is 7. The van der Waals surface area contributed by atoms with Gasteiger partial charge in [-0.3, -0.25) is 24.6 Å². The summed E-state index contributed by atoms with van der Waals surface area (Å²) in [7, 11) is 6.22. The molecule has 2 amide bonds. The van der Waals surface area contributed by atoms with Crippen molar-refractivity contribution in [2.75, 3.05) is 45.0 Å². The molecular weight excluding hydrogens is 574 g/mol. The zero-order valence-corrected chi connectivity index (χ0v) is 25.1. The van der Waals surface area contributed by atoms with E-state index in [-0.39, 0.29) is 29.8 Å². The number of aliphatic hydroxyl groups is 2. The van der Waals surface area contributed by atoms with E-state index in [0.717, 1.165) is 6.42 Å². The molecule has 0 unspecified atom stereocenters. The number of nitriles is 1. The van der Waals surface area contributed by atoms with E-state index in [2.05, 4.69) is 5.32 Å². The van der Waals surface area contributed by atoms with Crippen molar-refractivity contribution < 1.29 is 39.2 Å². The molecule has 1 aromatic rings. The number of ketones is 2. The summed E-state index contributed by atoms with van der Waals surface area (Å²) < 4.78 is 5.13. The van der Waals surface area contributed by atoms with Gasteiger partial charge >= 0.3 is 6.09 Å². The van der Waals surface area contributed by atoms with Crippen LogP contribution in [0.3, 0.4) is 0 Å². The van der Waals surface area contributed by atoms with Gasteiger partial charge in [-0.25, -0.2) is 4.79 Å². The molecular formula is C29H37N7O8. The molecule has 0 bridgehead atoms. The fourth-order valence-corrected chi connectivity index (χ4v) is 6.83. The van der Waals surface area contributed by atoms with Gasteiger partial charge in [-0.1, -0.05) is 13.3 Å². The molecule has 4 rings (SSSR count). The van der Waals surface area contributed by atoms with Crippen LogP contribution in [0, 0.1) is 16.7 Å². The molecule has 0 spiro atoms. The molecule has 0 radical (unpaired) electrons. The van der Waals surface area contributed by atoms with Gasteiger partial charge in [0.25, 0.3) is 5.91 Å². The molecule has 1 fully saturated rings. The molecule has 0 saturated heterocycles. The summed E-state index contributed by atoms with van der Waals surface area (Å²) in [6.45, 7) is 2.05. The van der Waals surface area contributed by atoms with Crippen molar-refractivity contribution in [3.8, 4) is 11.8 Å². The summed E-state index contributed by atoms with van der Waals surface area (Å²) in [6, 6.07) is 1.67. The number of ether oxygens (including phenoxy) is 1. The number of fused-ring (bicyclic) bond motifs is 3. The highest BCUT2D eigenvalue weighted by molar-refractivity contribution is 6.25. The van der Waals surface area contributed by atoms with Crippen molar-refractivity contribution in [2.45, 2.75) is 49.7 Å². The molecule has 44 heavy (non-hydrogen) atoms. The Labute approximate surface area is 253 Å². The summed E-state index contributed by atoms with van der Waals surface area (Å²) in [5.41, 5.74) is 11.1. The number of aliphatic hydroxyl groups excluding tert-OH is 2. The van der Waals surface area contributed by atoms with Crippen LogP contribution in [-0.4, -0.2) is 95.7 Å². The number of benzene rings is 1. The first-order valence-corrected chi connectivity index (χ1v) is 13.9. The van der Waals surface area contributed by atoms with E-state index in [1.54, 1.807) is 25.1 Å². The molecule has 15 nitrogen and oxygen atoms in total. The molecule has 3 aliphatic carbocycles. The summed E-state index contributed by atoms with van der Waals surface area (Å²) in [6.07, 6.45) is -0.197. The van der Waals surface area contributed by atoms with E-state index in [1.165, 1.54) is 25.1 Å². The van der Waals surface area contributed by atoms with Gasteiger partial charge in [0.05, 0.1) is 46.6 Å². The maximum absolute atomic E-state index is 14.5. The molecule has 4 atom stereocenters. The van der Waals surface area contributed by atoms with Crippen LogP contribution < -0.4 is 27.4 Å². The number of rotatable bonds is 7. The van der Waals surface area contributed by atoms with Crippen LogP contribution in [-0.2, 0) is 25.5 Å². The number of anilines is 2. The Bertz CT molecular complexity index is 1590. The average Bonchev–Trinajstić information content (AvgIpc) is 2.89. The summed E-state index contributed by atoms with van der Waals surface area (Å²) in [4.78, 5) is 55.8. The third-order valence-electron chi connectivity index (χ3n) is 8.68. The Kier molecular flexibility index (Phi) is 7.93. The average molecular weight is 612 g/mol. The van der Waals surface area contributed by atoms with Crippen LogP contribution in [0.5, 0.6) is 5.75 Å². The van der Waals surface area contributed by atoms with E-state index in [1.807, 2.05) is 6.92 Å². The highest BCUT2D eigenvalue weighted by Crippen LogP contribution is 2.59. The van der Waals surface area contributed by atoms with Crippen molar-refractivity contribution in [1.82, 2.24) is 4.90 Å². The minimum atomic E-state index is -2.77. The van der Waals surface area contributed by atoms with Crippen LogP contribution in [0.2, 0.25) is 0 Å². The van der Waals surface area contributed by atoms with E-state index in [0.29, 0.717) is 12.1 Å². The third-order valence-corrected chi connectivity index (χ3v) is 8.68. The number of Topliss-reactive ketones (excluding diaryl/α,β-unsaturated/α-hetero) is 2. The molecule has 1 saturated carbocycles. The minimum Gasteiger partial charge on any atom is -0.509 e. The highest BCUT2D eigenvalue weighted by atomic mass is 16.5. The third kappa shape index (κ3) is 4.28. The molecule has 0 aromatic heterocycles. The molecule has 0 aliphatic heterocycles. The first kappa shape index (κ1) is 32.3. The zero-order valence-electron chi connectivity index (χ0n) is 25.1. The zero-order chi connectivity index (χ0) is 33.1. The monoisotopic (exact) mass is 611 g/mol. The van der Waals surface area contributed by atoms with Gasteiger partial charge in [-0.05, 0) is 45.0 Å². The van der Waals surface area contributed by atoms with Crippen LogP contribution in [0.15, 0.2) is 23.0 Å². The van der Waals surface area contributed by atoms with Gasteiger partial charge < -0.3 is 42.2 Å². The smallest absolute Gasteiger partial charge is 0.411 e. The molecule has 1 aromatic carbocycles. The van der Waals surface area contributed by atoms with Crippen molar-refractivity contribution >= 4 is 40.7 Å². The Hall–Kier alpha value is -4.65. The van der Waals surface area contributed by atoms with E-state index < -0.39 is 80.9 Å². The number of phenols is 1. The Morgan fingerprint density at radius 2 is 1.82 bits per heavy atom. The number of nitrogens with two attached hydrogens (primary N) is 3. The number of carbonyl (C=O) groups excluding carboxylic acids is 4. The van der Waals surface area contributed by atoms with Gasteiger partial charge in [0.15, 0.2) is 22.7 Å². The number of primary amides is 1. The molecule has 10 N–H and O–H groups in total. The van der Waals surface area contributed by atoms with E-state index in [4.69, 9.17) is 21.9 Å². The lowest BCUT2D eigenvalue weighted by atomic mass is 9.47. The van der Waals surface area contributed by atoms with Gasteiger partial charge in [0, 0.05) is 19.8 Å². The highest BCUT2D eigenvalue weighted by Gasteiger charge is 2.74. The number of aromatic hydroxyl groups is 1. The maximum atomic E-state index is 14.5. The van der Waals surface area contributed by atoms with Crippen LogP contribution in [0.4, 0.5) is 16.2 Å². The van der Waals surface area contributed by atoms with Crippen LogP contribution >= 0.6 is 0 Å². The number of nitrogens with zero attached hydrogens (tertiary/aromatic N) is 3. The topological polar surface area (TPSA) is 259 Å². The van der Waals surface area contributed by atoms with E-state index >= 15 is 0 Å². The predicted octanol–water partition coefficient (Wildman–Crippen LogP) is 0.320. The number of carbonyl (C=O) groups is 4. The summed E-state index contributed by atoms with van der Waals surface area (Å²) in [5, 5.41) is 47.3. The molecule has 0 heterocycles. The minimum absolute atomic E-state index is 0.131. The summed E-state index contributed by atoms with van der Waals surface area (Å²) in [5.74, 6) is -6.32. The van der Waals surface area contributed by atoms with E-state index in [9.17, 15) is 39.8 Å². The fraction of sp³-hybridized carbons (Fsp3) is 0.483. The molecule has 15 heteroatoms. The predicted molar refractivity (Wildman–Crippen MR) is 158 cm³/mol. The Balaban J connectivity index is 2.03. The first-order valence-electron chi connectivity index (χ1n) is 13.9. The normalized spacial score (nSPS) is 27.8. The maximum Gasteiger partial charge on any atom is 0.411 e. The van der Waals surface area contributed by atoms with Gasteiger partial charge in [-0.2, -0.15) is 5.26 Å². The largest absolute Gasteiger partial charge is 0.509 e. The van der Waals surface area contributed by atoms with Crippen molar-refractivity contribution in [1.29, 1.82) is 5.26 Å². The Morgan fingerprint density at radius 1 is 1.18 bits per heavy atom. The van der Waals surface area contributed by atoms with Crippen molar-refractivity contribution in [3.63, 3.8) is 0 Å². The lowest BCUT2D eigenvalue weighted by molar-refractivity contribution is -0.139. The van der Waals surface area contributed by atoms with Crippen LogP contribution in [0.1, 0.15) is 37.3 Å². The number of amides is 2. The molecule has 3 aliphatic rings. The summed E-state index contributed by atoms with van der Waals surface area (Å²) >= 11 is 0. The standard InChI is InChI=1S/C29H37N7O8/c1-6-7-8-44-26(43)34-14-9-15(35(2)3)13-10-27(32)11-29(33)22(36(4)5)21(39)17(25(31)42)23(40)28(29,12-30)24(41)18(27)20(38)16(13)19(14)37/h9,22,37-38,40H,6-8,10-11,32-33H2,1-5H3,(H2,31,42)(H,34,43)/t22-,27-,28+,29-/m1/s1. The van der Waals surface area contributed by atoms with Gasteiger partial charge in [0.1, 0.15) is 17.1 Å². The second-order valence-electron chi connectivity index (χ2n) is 11.9. The number of unbranched alkanes of at least 4 members (excludes halogenated alkanes) is 1. The lowest BCUT2D eigenvalue weighted by Crippen LogP contribution is -2.80. The van der Waals surface area contributed by atoms with Gasteiger partial charge in [-0.15, -0.1) is 0 Å². The first-order chi connectivity index (χ1) is 20.4. The SMILES string of the molecule is CCCCOC(=O)Nc1cc(N(C)C)c2c(c1O)C(O)=C1C(=O)[C@]3(C#N)C(O)=C(C(N)=O)C(=O)[C@@H](N(C)C)[C@]3(N)C[C@]1(N)C2. The lowest BCUT2D eigenvalue weighted by Gasteiger charge is -2.58. The number of phenolic OH excluding ortho intramolecular Hbond substituents is 1. The molecule has 236 valence electrons. The van der Waals surface area contributed by atoms with Crippen molar-refractivity contribution in [3.05, 3.63) is 34.1 Å². The number of hydrogen-bond acceptors (Lipinski definition) is 13. The number of nitrogens with one attached hydrogen (secondary N) is 1. The fourth-order valence-electron chi connectivity index (χ4n) is 6.83. The Morgan fingerprint density at radius 3 is 2.34 bits per heavy atom. The number of likely N-dealkylation sites (N-methyl/N-ethyl adjacent to an activating group) is 1.